The molecule has 1 unspecified atom stereocenters. The molecule has 1 aliphatic carbocycles. The van der Waals surface area contributed by atoms with Crippen LogP contribution in [0.3, 0.4) is 0 Å². The summed E-state index contributed by atoms with van der Waals surface area (Å²) in [6.07, 6.45) is 0.905. The highest BCUT2D eigenvalue weighted by atomic mass is 16.1. The summed E-state index contributed by atoms with van der Waals surface area (Å²) in [5.41, 5.74) is 2.81. The van der Waals surface area contributed by atoms with Crippen molar-refractivity contribution in [3.63, 3.8) is 0 Å². The quantitative estimate of drug-likeness (QED) is 0.606. The number of benzene rings is 2. The molecule has 0 aliphatic heterocycles. The van der Waals surface area contributed by atoms with Gasteiger partial charge in [0.15, 0.2) is 5.78 Å². The summed E-state index contributed by atoms with van der Waals surface area (Å²) in [5, 5.41) is 0. The van der Waals surface area contributed by atoms with Crippen LogP contribution in [0.2, 0.25) is 0 Å². The minimum absolute atomic E-state index is 0.0348. The molecule has 1 atom stereocenters. The summed E-state index contributed by atoms with van der Waals surface area (Å²) in [6.45, 7) is 0. The molecule has 0 N–H and O–H groups in total. The van der Waals surface area contributed by atoms with Crippen LogP contribution in [0.5, 0.6) is 0 Å². The van der Waals surface area contributed by atoms with Gasteiger partial charge in [-0.2, -0.15) is 0 Å². The average molecular weight is 250 g/mol. The predicted molar refractivity (Wildman–Crippen MR) is 73.1 cm³/mol. The maximum atomic E-state index is 12.4. The van der Waals surface area contributed by atoms with Gasteiger partial charge in [-0.05, 0) is 17.5 Å². The Labute approximate surface area is 112 Å². The average Bonchev–Trinajstić information content (AvgIpc) is 2.47. The Bertz CT molecular complexity index is 629. The zero-order chi connectivity index (χ0) is 13.2. The van der Waals surface area contributed by atoms with E-state index in [1.807, 2.05) is 42.5 Å². The van der Waals surface area contributed by atoms with Crippen molar-refractivity contribution in [3.8, 4) is 0 Å². The molecule has 0 fully saturated rings. The Morgan fingerprint density at radius 3 is 2.26 bits per heavy atom. The van der Waals surface area contributed by atoms with Gasteiger partial charge in [0.1, 0.15) is 5.78 Å². The molecule has 0 bridgehead atoms. The minimum Gasteiger partial charge on any atom is -0.299 e. The fourth-order valence-electron chi connectivity index (χ4n) is 2.62. The molecule has 0 saturated heterocycles. The van der Waals surface area contributed by atoms with Gasteiger partial charge in [0.2, 0.25) is 0 Å². The number of Topliss-reactive ketones (excluding diaryl/α,β-unsaturated/α-hetero) is 2. The first-order valence-corrected chi connectivity index (χ1v) is 6.44. The molecule has 0 heterocycles. The first-order chi connectivity index (χ1) is 9.25. The van der Waals surface area contributed by atoms with Gasteiger partial charge in [0.05, 0.1) is 5.92 Å². The smallest absolute Gasteiger partial charge is 0.173 e. The molecule has 19 heavy (non-hydrogen) atoms. The molecular weight excluding hydrogens is 236 g/mol. The van der Waals surface area contributed by atoms with Crippen molar-refractivity contribution in [1.29, 1.82) is 0 Å². The van der Waals surface area contributed by atoms with Crippen molar-refractivity contribution in [2.24, 2.45) is 5.92 Å². The molecule has 94 valence electrons. The molecule has 2 aromatic rings. The summed E-state index contributed by atoms with van der Waals surface area (Å²) in [6, 6.07) is 16.9. The monoisotopic (exact) mass is 250 g/mol. The largest absolute Gasteiger partial charge is 0.299 e. The fraction of sp³-hybridized carbons (Fsp3) is 0.176. The number of rotatable bonds is 2. The lowest BCUT2D eigenvalue weighted by Gasteiger charge is -2.22. The Morgan fingerprint density at radius 2 is 1.53 bits per heavy atom. The van der Waals surface area contributed by atoms with Crippen LogP contribution in [0, 0.1) is 5.92 Å². The molecule has 0 radical (unpaired) electrons. The van der Waals surface area contributed by atoms with Crippen LogP contribution in [0.4, 0.5) is 0 Å². The van der Waals surface area contributed by atoms with E-state index in [4.69, 9.17) is 0 Å². The van der Waals surface area contributed by atoms with Gasteiger partial charge in [-0.15, -0.1) is 0 Å². The van der Waals surface area contributed by atoms with E-state index >= 15 is 0 Å². The molecule has 0 amide bonds. The van der Waals surface area contributed by atoms with Crippen LogP contribution in [0.15, 0.2) is 54.6 Å². The van der Waals surface area contributed by atoms with E-state index in [2.05, 4.69) is 0 Å². The molecule has 3 rings (SSSR count). The Hall–Kier alpha value is -2.22. The van der Waals surface area contributed by atoms with Crippen molar-refractivity contribution >= 4 is 11.6 Å². The summed E-state index contributed by atoms with van der Waals surface area (Å²) in [7, 11) is 0. The molecule has 2 heteroatoms. The normalized spacial score (nSPS) is 17.9. The van der Waals surface area contributed by atoms with E-state index in [1.54, 1.807) is 12.1 Å². The van der Waals surface area contributed by atoms with Crippen LogP contribution in [-0.2, 0) is 17.6 Å². The number of carbonyl (C=O) groups is 2. The second-order valence-electron chi connectivity index (χ2n) is 4.90. The van der Waals surface area contributed by atoms with Crippen LogP contribution >= 0.6 is 0 Å². The van der Waals surface area contributed by atoms with Crippen LogP contribution in [-0.4, -0.2) is 11.6 Å². The molecule has 2 nitrogen and oxygen atoms in total. The molecule has 0 saturated carbocycles. The van der Waals surface area contributed by atoms with Crippen molar-refractivity contribution < 1.29 is 9.59 Å². The Kier molecular flexibility index (Phi) is 3.00. The molecule has 2 aromatic carbocycles. The number of hydrogen-bond donors (Lipinski definition) is 0. The number of carbonyl (C=O) groups excluding carboxylic acids is 2. The van der Waals surface area contributed by atoms with Crippen molar-refractivity contribution in [2.75, 3.05) is 0 Å². The highest BCUT2D eigenvalue weighted by Gasteiger charge is 2.32. The van der Waals surface area contributed by atoms with E-state index in [9.17, 15) is 9.59 Å². The van der Waals surface area contributed by atoms with Gasteiger partial charge >= 0.3 is 0 Å². The zero-order valence-electron chi connectivity index (χ0n) is 10.5. The van der Waals surface area contributed by atoms with Crippen molar-refractivity contribution in [2.45, 2.75) is 12.8 Å². The zero-order valence-corrected chi connectivity index (χ0v) is 10.5. The second-order valence-corrected chi connectivity index (χ2v) is 4.90. The molecular formula is C17H14O2. The van der Waals surface area contributed by atoms with E-state index in [0.29, 0.717) is 18.4 Å². The van der Waals surface area contributed by atoms with E-state index < -0.39 is 5.92 Å². The standard InChI is InChI=1S/C17H14O2/c18-16-11-14-9-5-4-8-13(14)10-15(16)17(19)12-6-2-1-3-7-12/h1-9,15H,10-11H2. The van der Waals surface area contributed by atoms with Gasteiger partial charge in [-0.25, -0.2) is 0 Å². The minimum atomic E-state index is -0.516. The third-order valence-electron chi connectivity index (χ3n) is 3.67. The van der Waals surface area contributed by atoms with E-state index in [-0.39, 0.29) is 11.6 Å². The van der Waals surface area contributed by atoms with Gasteiger partial charge in [0, 0.05) is 12.0 Å². The van der Waals surface area contributed by atoms with Crippen molar-refractivity contribution in [1.82, 2.24) is 0 Å². The first-order valence-electron chi connectivity index (χ1n) is 6.44. The SMILES string of the molecule is O=C1Cc2ccccc2CC1C(=O)c1ccccc1. The third-order valence-corrected chi connectivity index (χ3v) is 3.67. The molecule has 1 aliphatic rings. The third kappa shape index (κ3) is 2.22. The maximum absolute atomic E-state index is 12.4. The predicted octanol–water partition coefficient (Wildman–Crippen LogP) is 2.85. The number of fused-ring (bicyclic) bond motifs is 1. The van der Waals surface area contributed by atoms with Gasteiger partial charge in [-0.1, -0.05) is 54.6 Å². The van der Waals surface area contributed by atoms with E-state index in [1.165, 1.54) is 0 Å². The number of hydrogen-bond acceptors (Lipinski definition) is 2. The highest BCUT2D eigenvalue weighted by Crippen LogP contribution is 2.25. The van der Waals surface area contributed by atoms with Crippen LogP contribution in [0.25, 0.3) is 0 Å². The van der Waals surface area contributed by atoms with Gasteiger partial charge in [0.25, 0.3) is 0 Å². The second kappa shape index (κ2) is 4.81. The van der Waals surface area contributed by atoms with Crippen molar-refractivity contribution in [3.05, 3.63) is 71.3 Å². The molecule has 0 spiro atoms. The first kappa shape index (κ1) is 11.8. The van der Waals surface area contributed by atoms with Crippen LogP contribution in [0.1, 0.15) is 21.5 Å². The summed E-state index contributed by atoms with van der Waals surface area (Å²) in [5.74, 6) is -0.537. The van der Waals surface area contributed by atoms with Crippen LogP contribution < -0.4 is 0 Å². The summed E-state index contributed by atoms with van der Waals surface area (Å²) >= 11 is 0. The Morgan fingerprint density at radius 1 is 0.895 bits per heavy atom. The molecule has 0 aromatic heterocycles. The Balaban J connectivity index is 1.91. The summed E-state index contributed by atoms with van der Waals surface area (Å²) < 4.78 is 0. The highest BCUT2D eigenvalue weighted by molar-refractivity contribution is 6.11. The maximum Gasteiger partial charge on any atom is 0.173 e. The topological polar surface area (TPSA) is 34.1 Å². The lowest BCUT2D eigenvalue weighted by molar-refractivity contribution is -0.121. The van der Waals surface area contributed by atoms with Gasteiger partial charge in [-0.3, -0.25) is 9.59 Å². The summed E-state index contributed by atoms with van der Waals surface area (Å²) in [4.78, 5) is 24.6. The lowest BCUT2D eigenvalue weighted by atomic mass is 9.79. The van der Waals surface area contributed by atoms with E-state index in [0.717, 1.165) is 11.1 Å². The lowest BCUT2D eigenvalue weighted by Crippen LogP contribution is -2.32. The van der Waals surface area contributed by atoms with Gasteiger partial charge < -0.3 is 0 Å². The number of ketones is 2. The fourth-order valence-corrected chi connectivity index (χ4v) is 2.62.